The van der Waals surface area contributed by atoms with E-state index in [1.807, 2.05) is 0 Å². The molecule has 0 heterocycles. The lowest BCUT2D eigenvalue weighted by molar-refractivity contribution is -0.138. The maximum Gasteiger partial charge on any atom is 0.417 e. The largest absolute Gasteiger partial charge is 0.417 e. The molecule has 0 aromatic heterocycles. The SMILES string of the molecule is [CH2]C(CO)c1cccc(C=C)c1C(F)(F)F. The van der Waals surface area contributed by atoms with Crippen LogP contribution in [-0.4, -0.2) is 11.7 Å². The predicted octanol–water partition coefficient (Wildman–Crippen LogP) is 3.26. The molecule has 0 spiro atoms. The van der Waals surface area contributed by atoms with Gasteiger partial charge < -0.3 is 5.11 Å². The first kappa shape index (κ1) is 12.8. The maximum absolute atomic E-state index is 12.8. The average molecular weight is 229 g/mol. The highest BCUT2D eigenvalue weighted by Gasteiger charge is 2.36. The molecule has 1 radical (unpaired) electrons. The Morgan fingerprint density at radius 1 is 1.38 bits per heavy atom. The van der Waals surface area contributed by atoms with Gasteiger partial charge in [-0.3, -0.25) is 0 Å². The molecule has 0 fully saturated rings. The Kier molecular flexibility index (Phi) is 3.75. The summed E-state index contributed by atoms with van der Waals surface area (Å²) in [6.45, 7) is 6.41. The van der Waals surface area contributed by atoms with Crippen molar-refractivity contribution in [2.24, 2.45) is 0 Å². The molecule has 16 heavy (non-hydrogen) atoms. The maximum atomic E-state index is 12.8. The van der Waals surface area contributed by atoms with Gasteiger partial charge in [0.05, 0.1) is 5.56 Å². The molecule has 0 amide bonds. The summed E-state index contributed by atoms with van der Waals surface area (Å²) in [5.41, 5.74) is -0.765. The quantitative estimate of drug-likeness (QED) is 0.843. The van der Waals surface area contributed by atoms with E-state index >= 15 is 0 Å². The third kappa shape index (κ3) is 2.44. The number of aliphatic hydroxyl groups excluding tert-OH is 1. The van der Waals surface area contributed by atoms with E-state index in [9.17, 15) is 13.2 Å². The van der Waals surface area contributed by atoms with E-state index in [4.69, 9.17) is 5.11 Å². The second-order valence-corrected chi connectivity index (χ2v) is 3.39. The molecule has 1 rings (SSSR count). The van der Waals surface area contributed by atoms with E-state index in [0.717, 1.165) is 6.08 Å². The highest BCUT2D eigenvalue weighted by molar-refractivity contribution is 5.56. The molecule has 1 atom stereocenters. The number of aliphatic hydroxyl groups is 1. The van der Waals surface area contributed by atoms with Crippen molar-refractivity contribution in [3.05, 3.63) is 48.4 Å². The molecule has 1 N–H and O–H groups in total. The van der Waals surface area contributed by atoms with Crippen molar-refractivity contribution in [3.63, 3.8) is 0 Å². The van der Waals surface area contributed by atoms with E-state index in [0.29, 0.717) is 0 Å². The first-order chi connectivity index (χ1) is 7.41. The van der Waals surface area contributed by atoms with E-state index in [2.05, 4.69) is 13.5 Å². The second-order valence-electron chi connectivity index (χ2n) is 3.39. The van der Waals surface area contributed by atoms with E-state index in [-0.39, 0.29) is 11.1 Å². The number of rotatable bonds is 3. The molecule has 1 nitrogen and oxygen atoms in total. The molecule has 1 unspecified atom stereocenters. The van der Waals surface area contributed by atoms with Crippen LogP contribution in [0.2, 0.25) is 0 Å². The van der Waals surface area contributed by atoms with Gasteiger partial charge in [-0.05, 0) is 18.1 Å². The lowest BCUT2D eigenvalue weighted by Crippen LogP contribution is -2.14. The van der Waals surface area contributed by atoms with Gasteiger partial charge in [0.25, 0.3) is 0 Å². The van der Waals surface area contributed by atoms with Gasteiger partial charge in [0.2, 0.25) is 0 Å². The molecule has 1 aromatic carbocycles. The Bertz CT molecular complexity index is 382. The van der Waals surface area contributed by atoms with Crippen LogP contribution in [-0.2, 0) is 6.18 Å². The van der Waals surface area contributed by atoms with Gasteiger partial charge in [-0.2, -0.15) is 13.2 Å². The number of benzene rings is 1. The summed E-state index contributed by atoms with van der Waals surface area (Å²) in [6.07, 6.45) is -3.32. The Labute approximate surface area is 92.2 Å². The molecule has 87 valence electrons. The lowest BCUT2D eigenvalue weighted by Gasteiger charge is -2.18. The van der Waals surface area contributed by atoms with Crippen molar-refractivity contribution in [1.29, 1.82) is 0 Å². The van der Waals surface area contributed by atoms with Gasteiger partial charge in [-0.15, -0.1) is 0 Å². The summed E-state index contributed by atoms with van der Waals surface area (Å²) in [4.78, 5) is 0. The molecular weight excluding hydrogens is 217 g/mol. The first-order valence-corrected chi connectivity index (χ1v) is 4.68. The first-order valence-electron chi connectivity index (χ1n) is 4.68. The number of alkyl halides is 3. The monoisotopic (exact) mass is 229 g/mol. The molecular formula is C12H12F3O. The van der Waals surface area contributed by atoms with Crippen LogP contribution >= 0.6 is 0 Å². The summed E-state index contributed by atoms with van der Waals surface area (Å²) in [5, 5.41) is 8.89. The minimum Gasteiger partial charge on any atom is -0.396 e. The summed E-state index contributed by atoms with van der Waals surface area (Å²) >= 11 is 0. The molecule has 0 bridgehead atoms. The van der Waals surface area contributed by atoms with Gasteiger partial charge in [-0.25, -0.2) is 0 Å². The topological polar surface area (TPSA) is 20.2 Å². The van der Waals surface area contributed by atoms with Crippen molar-refractivity contribution in [2.45, 2.75) is 12.1 Å². The van der Waals surface area contributed by atoms with Crippen molar-refractivity contribution in [3.8, 4) is 0 Å². The highest BCUT2D eigenvalue weighted by atomic mass is 19.4. The van der Waals surface area contributed by atoms with Crippen LogP contribution in [0.15, 0.2) is 24.8 Å². The smallest absolute Gasteiger partial charge is 0.396 e. The van der Waals surface area contributed by atoms with Crippen LogP contribution in [0, 0.1) is 6.92 Å². The summed E-state index contributed by atoms with van der Waals surface area (Å²) < 4.78 is 38.5. The van der Waals surface area contributed by atoms with E-state index in [1.54, 1.807) is 0 Å². The van der Waals surface area contributed by atoms with Gasteiger partial charge in [0.1, 0.15) is 0 Å². The Balaban J connectivity index is 3.44. The zero-order chi connectivity index (χ0) is 12.3. The van der Waals surface area contributed by atoms with Crippen LogP contribution in [0.4, 0.5) is 13.2 Å². The predicted molar refractivity (Wildman–Crippen MR) is 56.7 cm³/mol. The Hall–Kier alpha value is -1.29. The summed E-state index contributed by atoms with van der Waals surface area (Å²) in [6, 6.07) is 4.16. The summed E-state index contributed by atoms with van der Waals surface area (Å²) in [7, 11) is 0. The number of hydrogen-bond acceptors (Lipinski definition) is 1. The lowest BCUT2D eigenvalue weighted by atomic mass is 9.92. The van der Waals surface area contributed by atoms with Crippen molar-refractivity contribution in [1.82, 2.24) is 0 Å². The fourth-order valence-corrected chi connectivity index (χ4v) is 1.52. The van der Waals surface area contributed by atoms with Crippen LogP contribution in [0.25, 0.3) is 6.08 Å². The van der Waals surface area contributed by atoms with Crippen LogP contribution in [0.1, 0.15) is 22.6 Å². The zero-order valence-corrected chi connectivity index (χ0v) is 8.59. The molecule has 1 aromatic rings. The third-order valence-electron chi connectivity index (χ3n) is 2.29. The number of hydrogen-bond donors (Lipinski definition) is 1. The van der Waals surface area contributed by atoms with Crippen molar-refractivity contribution in [2.75, 3.05) is 6.61 Å². The average Bonchev–Trinajstić information content (AvgIpc) is 2.25. The van der Waals surface area contributed by atoms with Crippen LogP contribution in [0.5, 0.6) is 0 Å². The van der Waals surface area contributed by atoms with Crippen LogP contribution < -0.4 is 0 Å². The van der Waals surface area contributed by atoms with Crippen molar-refractivity contribution < 1.29 is 18.3 Å². The van der Waals surface area contributed by atoms with Gasteiger partial charge in [-0.1, -0.05) is 30.9 Å². The minimum absolute atomic E-state index is 0.00657. The van der Waals surface area contributed by atoms with Crippen LogP contribution in [0.3, 0.4) is 0 Å². The number of halogens is 3. The van der Waals surface area contributed by atoms with Gasteiger partial charge in [0.15, 0.2) is 0 Å². The molecule has 0 aliphatic rings. The summed E-state index contributed by atoms with van der Waals surface area (Å²) in [5.74, 6) is -0.795. The molecule has 0 saturated carbocycles. The van der Waals surface area contributed by atoms with Gasteiger partial charge >= 0.3 is 6.18 Å². The standard InChI is InChI=1S/C12H12F3O/c1-3-9-5-4-6-10(8(2)7-16)11(9)12(13,14)15/h3-6,8,16H,1-2,7H2. The van der Waals surface area contributed by atoms with E-state index in [1.165, 1.54) is 18.2 Å². The van der Waals surface area contributed by atoms with Crippen molar-refractivity contribution >= 4 is 6.08 Å². The molecule has 0 aliphatic heterocycles. The normalized spacial score (nSPS) is 13.6. The second kappa shape index (κ2) is 4.70. The Morgan fingerprint density at radius 2 is 2.00 bits per heavy atom. The Morgan fingerprint density at radius 3 is 2.44 bits per heavy atom. The highest BCUT2D eigenvalue weighted by Crippen LogP contribution is 2.37. The minimum atomic E-state index is -4.47. The fourth-order valence-electron chi connectivity index (χ4n) is 1.52. The van der Waals surface area contributed by atoms with E-state index < -0.39 is 24.3 Å². The van der Waals surface area contributed by atoms with Gasteiger partial charge in [0, 0.05) is 12.5 Å². The molecule has 4 heteroatoms. The molecule has 0 saturated heterocycles. The fraction of sp³-hybridized carbons (Fsp3) is 0.250. The zero-order valence-electron chi connectivity index (χ0n) is 8.59. The molecule has 0 aliphatic carbocycles. The third-order valence-corrected chi connectivity index (χ3v) is 2.29.